The highest BCUT2D eigenvalue weighted by Crippen LogP contribution is 2.28. The lowest BCUT2D eigenvalue weighted by Gasteiger charge is -2.12. The smallest absolute Gasteiger partial charge is 0.262 e. The summed E-state index contributed by atoms with van der Waals surface area (Å²) in [6.45, 7) is 4.17. The minimum atomic E-state index is -0.257. The molecule has 2 aromatic carbocycles. The summed E-state index contributed by atoms with van der Waals surface area (Å²) in [6.07, 6.45) is 1.55. The number of nitrogens with two attached hydrogens (primary N) is 1. The van der Waals surface area contributed by atoms with Crippen LogP contribution in [0.1, 0.15) is 18.1 Å². The van der Waals surface area contributed by atoms with E-state index in [1.54, 1.807) is 24.4 Å². The monoisotopic (exact) mass is 386 g/mol. The van der Waals surface area contributed by atoms with Crippen LogP contribution < -0.4 is 25.9 Å². The van der Waals surface area contributed by atoms with Crippen molar-refractivity contribution in [3.63, 3.8) is 0 Å². The Kier molecular flexibility index (Phi) is 7.57. The minimum Gasteiger partial charge on any atom is -0.490 e. The van der Waals surface area contributed by atoms with E-state index in [4.69, 9.17) is 15.2 Å². The van der Waals surface area contributed by atoms with Gasteiger partial charge >= 0.3 is 0 Å². The molecule has 142 valence electrons. The number of ether oxygens (including phenoxy) is 2. The topological polar surface area (TPSA) is 98.0 Å². The molecule has 4 N–H and O–H groups in total. The second-order valence-electron chi connectivity index (χ2n) is 5.58. The second kappa shape index (κ2) is 10.1. The molecule has 0 bridgehead atoms. The van der Waals surface area contributed by atoms with E-state index in [0.29, 0.717) is 18.1 Å². The fourth-order valence-electron chi connectivity index (χ4n) is 2.14. The van der Waals surface area contributed by atoms with Crippen LogP contribution in [0.3, 0.4) is 0 Å². The quantitative estimate of drug-likeness (QED) is 0.366. The van der Waals surface area contributed by atoms with Crippen molar-refractivity contribution in [2.24, 2.45) is 10.8 Å². The number of hydrogen-bond donors (Lipinski definition) is 3. The molecule has 1 amide bonds. The average molecular weight is 386 g/mol. The van der Waals surface area contributed by atoms with Gasteiger partial charge in [-0.1, -0.05) is 17.7 Å². The number of carbonyl (C=O) groups excluding carboxylic acids is 1. The molecule has 0 heterocycles. The summed E-state index contributed by atoms with van der Waals surface area (Å²) in [5.41, 5.74) is 10.4. The van der Waals surface area contributed by atoms with Gasteiger partial charge in [0.05, 0.1) is 12.8 Å². The van der Waals surface area contributed by atoms with Crippen LogP contribution in [0.25, 0.3) is 0 Å². The van der Waals surface area contributed by atoms with Crippen molar-refractivity contribution < 1.29 is 14.3 Å². The van der Waals surface area contributed by atoms with Crippen molar-refractivity contribution in [3.8, 4) is 11.5 Å². The van der Waals surface area contributed by atoms with Crippen molar-refractivity contribution in [1.29, 1.82) is 0 Å². The van der Waals surface area contributed by atoms with E-state index in [-0.39, 0.29) is 17.6 Å². The van der Waals surface area contributed by atoms with E-state index in [2.05, 4.69) is 28.1 Å². The SMILES string of the molecule is CCOc1cc(/C=N/NC(N)=S)ccc1OCC(=O)Nc1ccc(C)cc1. The molecule has 0 radical (unpaired) electrons. The fourth-order valence-corrected chi connectivity index (χ4v) is 2.19. The average Bonchev–Trinajstić information content (AvgIpc) is 2.63. The van der Waals surface area contributed by atoms with Gasteiger partial charge in [-0.05, 0) is 62.0 Å². The van der Waals surface area contributed by atoms with Crippen LogP contribution in [-0.4, -0.2) is 30.4 Å². The van der Waals surface area contributed by atoms with E-state index in [9.17, 15) is 4.79 Å². The number of rotatable bonds is 8. The highest BCUT2D eigenvalue weighted by atomic mass is 32.1. The lowest BCUT2D eigenvalue weighted by atomic mass is 10.2. The Morgan fingerprint density at radius 2 is 1.93 bits per heavy atom. The number of thiocarbonyl (C=S) groups is 1. The molecule has 27 heavy (non-hydrogen) atoms. The zero-order chi connectivity index (χ0) is 19.6. The number of aryl methyl sites for hydroxylation is 1. The van der Waals surface area contributed by atoms with Crippen LogP contribution in [0.2, 0.25) is 0 Å². The first-order valence-corrected chi connectivity index (χ1v) is 8.73. The fraction of sp³-hybridized carbons (Fsp3) is 0.211. The standard InChI is InChI=1S/C19H22N4O3S/c1-3-25-17-10-14(11-21-23-19(20)27)6-9-16(17)26-12-18(24)22-15-7-4-13(2)5-8-15/h4-11H,3,12H2,1-2H3,(H,22,24)(H3,20,23,27)/b21-11+. The van der Waals surface area contributed by atoms with Gasteiger partial charge in [-0.3, -0.25) is 10.2 Å². The number of anilines is 1. The van der Waals surface area contributed by atoms with E-state index in [1.165, 1.54) is 0 Å². The Morgan fingerprint density at radius 1 is 1.19 bits per heavy atom. The van der Waals surface area contributed by atoms with Crippen LogP contribution in [0.15, 0.2) is 47.6 Å². The number of nitrogens with zero attached hydrogens (tertiary/aromatic N) is 1. The molecule has 0 saturated heterocycles. The van der Waals surface area contributed by atoms with Crippen LogP contribution in [0, 0.1) is 6.92 Å². The highest BCUT2D eigenvalue weighted by Gasteiger charge is 2.09. The summed E-state index contributed by atoms with van der Waals surface area (Å²) in [6, 6.07) is 12.8. The third-order valence-corrected chi connectivity index (χ3v) is 3.44. The van der Waals surface area contributed by atoms with E-state index >= 15 is 0 Å². The van der Waals surface area contributed by atoms with Crippen molar-refractivity contribution in [2.45, 2.75) is 13.8 Å². The number of hydrazone groups is 1. The van der Waals surface area contributed by atoms with Crippen molar-refractivity contribution in [3.05, 3.63) is 53.6 Å². The largest absolute Gasteiger partial charge is 0.490 e. The molecule has 2 rings (SSSR count). The molecule has 0 spiro atoms. The van der Waals surface area contributed by atoms with Gasteiger partial charge in [-0.15, -0.1) is 0 Å². The number of nitrogens with one attached hydrogen (secondary N) is 2. The van der Waals surface area contributed by atoms with Gasteiger partial charge in [-0.25, -0.2) is 0 Å². The number of carbonyl (C=O) groups is 1. The number of amides is 1. The highest BCUT2D eigenvalue weighted by molar-refractivity contribution is 7.80. The Bertz CT molecular complexity index is 822. The number of hydrogen-bond acceptors (Lipinski definition) is 5. The normalized spacial score (nSPS) is 10.4. The molecular weight excluding hydrogens is 364 g/mol. The molecule has 0 aliphatic carbocycles. The van der Waals surface area contributed by atoms with E-state index < -0.39 is 0 Å². The van der Waals surface area contributed by atoms with Crippen molar-refractivity contribution >= 4 is 35.1 Å². The van der Waals surface area contributed by atoms with Crippen LogP contribution in [0.4, 0.5) is 5.69 Å². The Labute approximate surface area is 163 Å². The molecule has 0 saturated carbocycles. The predicted octanol–water partition coefficient (Wildman–Crippen LogP) is 2.58. The summed E-state index contributed by atoms with van der Waals surface area (Å²) in [4.78, 5) is 12.1. The van der Waals surface area contributed by atoms with Crippen LogP contribution >= 0.6 is 12.2 Å². The van der Waals surface area contributed by atoms with Gasteiger partial charge in [0.15, 0.2) is 23.2 Å². The zero-order valence-electron chi connectivity index (χ0n) is 15.2. The summed E-state index contributed by atoms with van der Waals surface area (Å²) >= 11 is 4.68. The van der Waals surface area contributed by atoms with Gasteiger partial charge in [-0.2, -0.15) is 5.10 Å². The Balaban J connectivity index is 1.99. The van der Waals surface area contributed by atoms with Gasteiger partial charge in [0.25, 0.3) is 5.91 Å². The molecule has 0 fully saturated rings. The molecular formula is C19H22N4O3S. The van der Waals surface area contributed by atoms with E-state index in [1.807, 2.05) is 38.1 Å². The van der Waals surface area contributed by atoms with Gasteiger partial charge < -0.3 is 20.5 Å². The number of benzene rings is 2. The lowest BCUT2D eigenvalue weighted by Crippen LogP contribution is -2.24. The maximum absolute atomic E-state index is 12.1. The molecule has 8 heteroatoms. The summed E-state index contributed by atoms with van der Waals surface area (Å²) in [5.74, 6) is 0.725. The van der Waals surface area contributed by atoms with Crippen molar-refractivity contribution in [1.82, 2.24) is 5.43 Å². The first-order valence-electron chi connectivity index (χ1n) is 8.32. The lowest BCUT2D eigenvalue weighted by molar-refractivity contribution is -0.118. The second-order valence-corrected chi connectivity index (χ2v) is 6.02. The maximum atomic E-state index is 12.1. The third kappa shape index (κ3) is 6.95. The molecule has 0 aliphatic rings. The van der Waals surface area contributed by atoms with Gasteiger partial charge in [0.2, 0.25) is 0 Å². The van der Waals surface area contributed by atoms with Gasteiger partial charge in [0.1, 0.15) is 0 Å². The Hall–Kier alpha value is -3.13. The van der Waals surface area contributed by atoms with Gasteiger partial charge in [0, 0.05) is 5.69 Å². The predicted molar refractivity (Wildman–Crippen MR) is 110 cm³/mol. The summed E-state index contributed by atoms with van der Waals surface area (Å²) in [5, 5.41) is 6.76. The zero-order valence-corrected chi connectivity index (χ0v) is 16.0. The Morgan fingerprint density at radius 3 is 2.59 bits per heavy atom. The molecule has 0 atom stereocenters. The molecule has 0 aromatic heterocycles. The summed E-state index contributed by atoms with van der Waals surface area (Å²) < 4.78 is 11.2. The third-order valence-electron chi connectivity index (χ3n) is 3.35. The first-order chi connectivity index (χ1) is 13.0. The summed E-state index contributed by atoms with van der Waals surface area (Å²) in [7, 11) is 0. The van der Waals surface area contributed by atoms with Crippen LogP contribution in [0.5, 0.6) is 11.5 Å². The van der Waals surface area contributed by atoms with E-state index in [0.717, 1.165) is 16.8 Å². The molecule has 2 aromatic rings. The first kappa shape index (κ1) is 20.2. The van der Waals surface area contributed by atoms with Crippen molar-refractivity contribution in [2.75, 3.05) is 18.5 Å². The molecule has 7 nitrogen and oxygen atoms in total. The molecule has 0 unspecified atom stereocenters. The molecule has 0 aliphatic heterocycles. The maximum Gasteiger partial charge on any atom is 0.262 e. The van der Waals surface area contributed by atoms with Crippen LogP contribution in [-0.2, 0) is 4.79 Å². The minimum absolute atomic E-state index is 0.0795.